The summed E-state index contributed by atoms with van der Waals surface area (Å²) in [6.45, 7) is 9.66. The Bertz CT molecular complexity index is 249. The lowest BCUT2D eigenvalue weighted by Crippen LogP contribution is -2.82. The van der Waals surface area contributed by atoms with Gasteiger partial charge in [0.15, 0.2) is 0 Å². The van der Waals surface area contributed by atoms with Crippen LogP contribution in [0.4, 0.5) is 0 Å². The van der Waals surface area contributed by atoms with E-state index in [1.54, 1.807) is 0 Å². The molecule has 0 aromatic rings. The van der Waals surface area contributed by atoms with Crippen molar-refractivity contribution in [3.63, 3.8) is 0 Å². The molecule has 3 aliphatic heterocycles. The summed E-state index contributed by atoms with van der Waals surface area (Å²) in [4.78, 5) is 2.89. The molecule has 0 bridgehead atoms. The third-order valence-corrected chi connectivity index (χ3v) is 5.65. The predicted octanol–water partition coefficient (Wildman–Crippen LogP) is 3.29. The van der Waals surface area contributed by atoms with Gasteiger partial charge in [-0.2, -0.15) is 0 Å². The van der Waals surface area contributed by atoms with Gasteiger partial charge >= 0.3 is 0 Å². The summed E-state index contributed by atoms with van der Waals surface area (Å²) in [7, 11) is 0. The Labute approximate surface area is 94.2 Å². The zero-order valence-corrected chi connectivity index (χ0v) is 10.7. The third kappa shape index (κ3) is 1.13. The maximum absolute atomic E-state index is 2.89. The fourth-order valence-electron chi connectivity index (χ4n) is 4.61. The SMILES string of the molecule is CC(C)C1CC2CC3(C(C)C)CC(C1)N23. The molecule has 3 saturated heterocycles. The second-order valence-corrected chi connectivity index (χ2v) is 6.86. The molecule has 2 atom stereocenters. The minimum atomic E-state index is 0.664. The average Bonchev–Trinajstić information content (AvgIpc) is 2.05. The fourth-order valence-corrected chi connectivity index (χ4v) is 4.61. The first-order valence-corrected chi connectivity index (χ1v) is 6.83. The van der Waals surface area contributed by atoms with Crippen LogP contribution in [0.3, 0.4) is 0 Å². The molecule has 3 rings (SSSR count). The lowest BCUT2D eigenvalue weighted by molar-refractivity contribution is -0.250. The van der Waals surface area contributed by atoms with Crippen LogP contribution in [0.1, 0.15) is 53.4 Å². The van der Waals surface area contributed by atoms with E-state index in [2.05, 4.69) is 32.6 Å². The summed E-state index contributed by atoms with van der Waals surface area (Å²) in [6, 6.07) is 1.93. The van der Waals surface area contributed by atoms with Crippen molar-refractivity contribution in [1.29, 1.82) is 0 Å². The molecule has 15 heavy (non-hydrogen) atoms. The van der Waals surface area contributed by atoms with Gasteiger partial charge in [-0.3, -0.25) is 4.90 Å². The van der Waals surface area contributed by atoms with Gasteiger partial charge in [0.2, 0.25) is 0 Å². The lowest BCUT2D eigenvalue weighted by atomic mass is 9.53. The summed E-state index contributed by atoms with van der Waals surface area (Å²) >= 11 is 0. The topological polar surface area (TPSA) is 3.24 Å². The van der Waals surface area contributed by atoms with Crippen molar-refractivity contribution >= 4 is 0 Å². The van der Waals surface area contributed by atoms with Gasteiger partial charge in [-0.15, -0.1) is 0 Å². The second-order valence-electron chi connectivity index (χ2n) is 6.86. The van der Waals surface area contributed by atoms with E-state index in [-0.39, 0.29) is 0 Å². The number of nitrogens with zero attached hydrogens (tertiary/aromatic N) is 1. The highest BCUT2D eigenvalue weighted by atomic mass is 15.4. The molecule has 3 heterocycles. The van der Waals surface area contributed by atoms with Gasteiger partial charge in [0, 0.05) is 17.6 Å². The number of piperidine rings is 2. The molecule has 0 saturated carbocycles. The predicted molar refractivity (Wildman–Crippen MR) is 63.8 cm³/mol. The Balaban J connectivity index is 1.71. The van der Waals surface area contributed by atoms with Gasteiger partial charge < -0.3 is 0 Å². The Morgan fingerprint density at radius 1 is 1.00 bits per heavy atom. The summed E-state index contributed by atoms with van der Waals surface area (Å²) in [5, 5.41) is 0. The van der Waals surface area contributed by atoms with Crippen LogP contribution in [0.15, 0.2) is 0 Å². The van der Waals surface area contributed by atoms with Crippen molar-refractivity contribution < 1.29 is 0 Å². The van der Waals surface area contributed by atoms with Gasteiger partial charge in [-0.05, 0) is 43.4 Å². The van der Waals surface area contributed by atoms with Crippen molar-refractivity contribution in [2.24, 2.45) is 17.8 Å². The molecule has 0 amide bonds. The van der Waals surface area contributed by atoms with Crippen LogP contribution in [0.2, 0.25) is 0 Å². The summed E-state index contributed by atoms with van der Waals surface area (Å²) < 4.78 is 0. The molecule has 1 heteroatoms. The molecule has 0 N–H and O–H groups in total. The molecule has 0 radical (unpaired) electrons. The van der Waals surface area contributed by atoms with Gasteiger partial charge in [-0.1, -0.05) is 27.7 Å². The molecular formula is C14H25N. The first-order chi connectivity index (χ1) is 7.04. The van der Waals surface area contributed by atoms with Crippen molar-refractivity contribution in [2.75, 3.05) is 0 Å². The van der Waals surface area contributed by atoms with Crippen molar-refractivity contribution in [1.82, 2.24) is 4.90 Å². The zero-order chi connectivity index (χ0) is 10.8. The van der Waals surface area contributed by atoms with Crippen LogP contribution in [0.5, 0.6) is 0 Å². The molecule has 1 nitrogen and oxygen atoms in total. The Kier molecular flexibility index (Phi) is 2.03. The minimum absolute atomic E-state index is 0.664. The van der Waals surface area contributed by atoms with Crippen LogP contribution in [0, 0.1) is 17.8 Å². The van der Waals surface area contributed by atoms with E-state index in [0.717, 1.165) is 29.8 Å². The van der Waals surface area contributed by atoms with Crippen LogP contribution in [-0.2, 0) is 0 Å². The minimum Gasteiger partial charge on any atom is -0.291 e. The maximum atomic E-state index is 2.89. The van der Waals surface area contributed by atoms with E-state index in [1.165, 1.54) is 25.7 Å². The van der Waals surface area contributed by atoms with E-state index in [1.807, 2.05) is 0 Å². The van der Waals surface area contributed by atoms with E-state index in [4.69, 9.17) is 0 Å². The number of hydrogen-bond acceptors (Lipinski definition) is 1. The summed E-state index contributed by atoms with van der Waals surface area (Å²) in [6.07, 6.45) is 5.99. The Hall–Kier alpha value is -0.0400. The molecule has 0 aliphatic carbocycles. The quantitative estimate of drug-likeness (QED) is 0.671. The van der Waals surface area contributed by atoms with Crippen molar-refractivity contribution in [2.45, 2.75) is 71.0 Å². The van der Waals surface area contributed by atoms with Gasteiger partial charge in [-0.25, -0.2) is 0 Å². The molecule has 86 valence electrons. The average molecular weight is 207 g/mol. The lowest BCUT2D eigenvalue weighted by Gasteiger charge is -2.75. The highest BCUT2D eigenvalue weighted by Gasteiger charge is 2.65. The summed E-state index contributed by atoms with van der Waals surface area (Å²) in [5.41, 5.74) is 0.664. The number of hydrogen-bond donors (Lipinski definition) is 0. The van der Waals surface area contributed by atoms with Gasteiger partial charge in [0.05, 0.1) is 0 Å². The standard InChI is InChI=1S/C14H25N/c1-9(2)11-5-12-7-14(10(3)4)8-13(6-11)15(12)14/h9-13H,5-8H2,1-4H3. The molecule has 3 fully saturated rings. The third-order valence-electron chi connectivity index (χ3n) is 5.65. The van der Waals surface area contributed by atoms with Crippen LogP contribution in [0.25, 0.3) is 0 Å². The van der Waals surface area contributed by atoms with E-state index < -0.39 is 0 Å². The van der Waals surface area contributed by atoms with Crippen LogP contribution >= 0.6 is 0 Å². The van der Waals surface area contributed by atoms with Crippen LogP contribution < -0.4 is 0 Å². The molecule has 0 aromatic heterocycles. The highest BCUT2D eigenvalue weighted by Crippen LogP contribution is 2.61. The van der Waals surface area contributed by atoms with Crippen LogP contribution in [-0.4, -0.2) is 22.5 Å². The second kappa shape index (κ2) is 3.00. The molecule has 0 spiro atoms. The van der Waals surface area contributed by atoms with E-state index in [0.29, 0.717) is 5.54 Å². The Morgan fingerprint density at radius 3 is 1.93 bits per heavy atom. The maximum Gasteiger partial charge on any atom is 0.0268 e. The molecule has 2 unspecified atom stereocenters. The summed E-state index contributed by atoms with van der Waals surface area (Å²) in [5.74, 6) is 2.80. The molecule has 0 aromatic carbocycles. The fraction of sp³-hybridized carbons (Fsp3) is 1.00. The highest BCUT2D eigenvalue weighted by molar-refractivity contribution is 5.21. The number of rotatable bonds is 2. The smallest absolute Gasteiger partial charge is 0.0268 e. The van der Waals surface area contributed by atoms with Gasteiger partial charge in [0.1, 0.15) is 0 Å². The van der Waals surface area contributed by atoms with Crippen molar-refractivity contribution in [3.8, 4) is 0 Å². The molecule has 3 aliphatic rings. The Morgan fingerprint density at radius 2 is 1.53 bits per heavy atom. The van der Waals surface area contributed by atoms with E-state index >= 15 is 0 Å². The monoisotopic (exact) mass is 207 g/mol. The molecular weight excluding hydrogens is 182 g/mol. The van der Waals surface area contributed by atoms with E-state index in [9.17, 15) is 0 Å². The van der Waals surface area contributed by atoms with Crippen molar-refractivity contribution in [3.05, 3.63) is 0 Å². The largest absolute Gasteiger partial charge is 0.291 e. The zero-order valence-electron chi connectivity index (χ0n) is 10.7. The normalized spacial score (nSPS) is 48.8. The first kappa shape index (κ1) is 10.1. The first-order valence-electron chi connectivity index (χ1n) is 6.83. The van der Waals surface area contributed by atoms with Gasteiger partial charge in [0.25, 0.3) is 0 Å².